The molecule has 1 aromatic heterocycles. The molecule has 1 aliphatic heterocycles. The van der Waals surface area contributed by atoms with Crippen LogP contribution in [0.25, 0.3) is 20.2 Å². The minimum atomic E-state index is -0.228. The number of oxime groups is 1. The highest BCUT2D eigenvalue weighted by atomic mass is 32.1. The fraction of sp³-hybridized carbons (Fsp3) is 0.364. The van der Waals surface area contributed by atoms with Crippen molar-refractivity contribution in [1.82, 2.24) is 9.80 Å². The number of likely N-dealkylation sites (tertiary alicyclic amines) is 1. The van der Waals surface area contributed by atoms with E-state index in [9.17, 15) is 9.59 Å². The highest BCUT2D eigenvalue weighted by Crippen LogP contribution is 2.34. The summed E-state index contributed by atoms with van der Waals surface area (Å²) in [5.74, 6) is 0.885. The molecule has 5 rings (SSSR count). The molecule has 0 saturated carbocycles. The van der Waals surface area contributed by atoms with Gasteiger partial charge in [0, 0.05) is 46.7 Å². The summed E-state index contributed by atoms with van der Waals surface area (Å²) in [6.07, 6.45) is 4.51. The van der Waals surface area contributed by atoms with Crippen molar-refractivity contribution in [2.75, 3.05) is 40.4 Å². The SMILES string of the molecule is COC(CCc1ccc(OCC(=O)N(C)CC(=O)N2CCCCC2)cc1)=NOCc1ccc2c(c1)sc1ccccc12. The Balaban J connectivity index is 1.05. The van der Waals surface area contributed by atoms with E-state index < -0.39 is 0 Å². The van der Waals surface area contributed by atoms with Gasteiger partial charge in [0.2, 0.25) is 11.8 Å². The number of rotatable bonds is 11. The van der Waals surface area contributed by atoms with E-state index in [1.807, 2.05) is 29.2 Å². The molecule has 0 spiro atoms. The van der Waals surface area contributed by atoms with Gasteiger partial charge in [0.05, 0.1) is 13.7 Å². The Morgan fingerprint density at radius 3 is 2.45 bits per heavy atom. The van der Waals surface area contributed by atoms with Gasteiger partial charge in [-0.1, -0.05) is 47.6 Å². The summed E-state index contributed by atoms with van der Waals surface area (Å²) in [4.78, 5) is 33.8. The van der Waals surface area contributed by atoms with Crippen molar-refractivity contribution < 1.29 is 23.9 Å². The maximum Gasteiger partial charge on any atom is 0.260 e. The number of carbonyl (C=O) groups is 2. The van der Waals surface area contributed by atoms with Crippen molar-refractivity contribution >= 4 is 49.2 Å². The van der Waals surface area contributed by atoms with Crippen LogP contribution in [0.1, 0.15) is 36.8 Å². The van der Waals surface area contributed by atoms with Gasteiger partial charge in [-0.15, -0.1) is 11.3 Å². The first-order valence-corrected chi connectivity index (χ1v) is 15.2. The molecule has 0 atom stereocenters. The first-order chi connectivity index (χ1) is 20.5. The van der Waals surface area contributed by atoms with Crippen molar-refractivity contribution in [2.24, 2.45) is 5.16 Å². The normalized spacial score (nSPS) is 13.8. The first kappa shape index (κ1) is 29.4. The molecule has 0 bridgehead atoms. The number of thiophene rings is 1. The Hall–Kier alpha value is -4.11. The molecule has 2 amide bonds. The first-order valence-electron chi connectivity index (χ1n) is 14.4. The number of hydrogen-bond acceptors (Lipinski definition) is 7. The molecule has 4 aromatic rings. The summed E-state index contributed by atoms with van der Waals surface area (Å²) in [5.41, 5.74) is 2.14. The van der Waals surface area contributed by atoms with Crippen molar-refractivity contribution in [3.63, 3.8) is 0 Å². The van der Waals surface area contributed by atoms with E-state index in [4.69, 9.17) is 14.3 Å². The van der Waals surface area contributed by atoms with Crippen LogP contribution in [0.4, 0.5) is 0 Å². The van der Waals surface area contributed by atoms with Crippen LogP contribution in [0.5, 0.6) is 5.75 Å². The van der Waals surface area contributed by atoms with E-state index in [-0.39, 0.29) is 25.0 Å². The van der Waals surface area contributed by atoms with Crippen LogP contribution in [0.3, 0.4) is 0 Å². The van der Waals surface area contributed by atoms with Crippen LogP contribution < -0.4 is 4.74 Å². The molecule has 0 N–H and O–H groups in total. The molecule has 2 heterocycles. The van der Waals surface area contributed by atoms with Gasteiger partial charge in [0.1, 0.15) is 12.4 Å². The average Bonchev–Trinajstić information content (AvgIpc) is 3.40. The number of benzene rings is 3. The third-order valence-corrected chi connectivity index (χ3v) is 8.63. The fourth-order valence-corrected chi connectivity index (χ4v) is 6.19. The van der Waals surface area contributed by atoms with Gasteiger partial charge < -0.3 is 24.1 Å². The van der Waals surface area contributed by atoms with Crippen LogP contribution in [0.2, 0.25) is 0 Å². The van der Waals surface area contributed by atoms with Crippen molar-refractivity contribution in [1.29, 1.82) is 0 Å². The molecule has 9 heteroatoms. The molecule has 8 nitrogen and oxygen atoms in total. The summed E-state index contributed by atoms with van der Waals surface area (Å²) < 4.78 is 13.6. The highest BCUT2D eigenvalue weighted by molar-refractivity contribution is 7.25. The predicted molar refractivity (Wildman–Crippen MR) is 167 cm³/mol. The molecule has 220 valence electrons. The van der Waals surface area contributed by atoms with Crippen molar-refractivity contribution in [3.8, 4) is 5.75 Å². The third kappa shape index (κ3) is 7.59. The minimum Gasteiger partial charge on any atom is -0.484 e. The lowest BCUT2D eigenvalue weighted by molar-refractivity contribution is -0.140. The molecule has 1 saturated heterocycles. The lowest BCUT2D eigenvalue weighted by Gasteiger charge is -2.28. The van der Waals surface area contributed by atoms with Gasteiger partial charge in [-0.05, 0) is 61.1 Å². The number of methoxy groups -OCH3 is 1. The van der Waals surface area contributed by atoms with Crippen LogP contribution >= 0.6 is 11.3 Å². The molecule has 0 aliphatic carbocycles. The third-order valence-electron chi connectivity index (χ3n) is 7.50. The van der Waals surface area contributed by atoms with Crippen molar-refractivity contribution in [2.45, 2.75) is 38.7 Å². The number of nitrogens with zero attached hydrogens (tertiary/aromatic N) is 3. The second kappa shape index (κ2) is 14.2. The summed E-state index contributed by atoms with van der Waals surface area (Å²) in [6, 6.07) is 22.4. The standard InChI is InChI=1S/C33H37N3O5S/c1-35(21-32(37)36-18-6-3-7-19-36)33(38)23-40-26-14-10-24(11-15-26)13-17-31(39-2)34-41-22-25-12-16-28-27-8-4-5-9-29(27)42-30(28)20-25/h4-5,8-12,14-16,20H,3,6-7,13,17-19,21-23H2,1-2H3. The molecule has 0 radical (unpaired) electrons. The fourth-order valence-electron chi connectivity index (χ4n) is 5.02. The Morgan fingerprint density at radius 2 is 1.67 bits per heavy atom. The van der Waals surface area contributed by atoms with Gasteiger partial charge in [0.15, 0.2) is 6.61 Å². The highest BCUT2D eigenvalue weighted by Gasteiger charge is 2.20. The number of fused-ring (bicyclic) bond motifs is 3. The molecule has 1 fully saturated rings. The number of carbonyl (C=O) groups excluding carboxylic acids is 2. The molecule has 3 aromatic carbocycles. The van der Waals surface area contributed by atoms with E-state index in [0.717, 1.165) is 43.5 Å². The summed E-state index contributed by atoms with van der Waals surface area (Å²) >= 11 is 1.78. The number of ether oxygens (including phenoxy) is 2. The largest absolute Gasteiger partial charge is 0.484 e. The topological polar surface area (TPSA) is 80.7 Å². The van der Waals surface area contributed by atoms with Gasteiger partial charge in [0.25, 0.3) is 5.91 Å². The second-order valence-electron chi connectivity index (χ2n) is 10.5. The number of amides is 2. The quantitative estimate of drug-likeness (QED) is 0.122. The Kier molecular flexibility index (Phi) is 9.92. The number of piperidine rings is 1. The Bertz CT molecular complexity index is 1540. The van der Waals surface area contributed by atoms with Gasteiger partial charge in [-0.3, -0.25) is 9.59 Å². The molecule has 0 unspecified atom stereocenters. The van der Waals surface area contributed by atoms with Gasteiger partial charge in [-0.2, -0.15) is 0 Å². The maximum atomic E-state index is 12.5. The van der Waals surface area contributed by atoms with Gasteiger partial charge >= 0.3 is 0 Å². The average molecular weight is 588 g/mol. The summed E-state index contributed by atoms with van der Waals surface area (Å²) in [6.45, 7) is 1.88. The van der Waals surface area contributed by atoms with E-state index in [0.29, 0.717) is 31.1 Å². The van der Waals surface area contributed by atoms with E-state index >= 15 is 0 Å². The zero-order chi connectivity index (χ0) is 29.3. The van der Waals surface area contributed by atoms with E-state index in [1.54, 1.807) is 25.5 Å². The number of aryl methyl sites for hydroxylation is 1. The van der Waals surface area contributed by atoms with Crippen LogP contribution in [0, 0.1) is 0 Å². The Morgan fingerprint density at radius 1 is 0.929 bits per heavy atom. The summed E-state index contributed by atoms with van der Waals surface area (Å²) in [7, 11) is 3.23. The lowest BCUT2D eigenvalue weighted by Crippen LogP contribution is -2.44. The lowest BCUT2D eigenvalue weighted by atomic mass is 10.1. The van der Waals surface area contributed by atoms with Crippen molar-refractivity contribution in [3.05, 3.63) is 77.9 Å². The monoisotopic (exact) mass is 587 g/mol. The Labute approximate surface area is 250 Å². The number of hydrogen-bond donors (Lipinski definition) is 0. The van der Waals surface area contributed by atoms with E-state index in [1.165, 1.54) is 25.1 Å². The zero-order valence-corrected chi connectivity index (χ0v) is 25.0. The smallest absolute Gasteiger partial charge is 0.260 e. The summed E-state index contributed by atoms with van der Waals surface area (Å²) in [5, 5.41) is 6.75. The molecular weight excluding hydrogens is 550 g/mol. The molecule has 1 aliphatic rings. The van der Waals surface area contributed by atoms with Crippen LogP contribution in [-0.2, 0) is 32.2 Å². The maximum absolute atomic E-state index is 12.5. The predicted octanol–water partition coefficient (Wildman–Crippen LogP) is 6.01. The second-order valence-corrected chi connectivity index (χ2v) is 11.6. The molecular formula is C33H37N3O5S. The minimum absolute atomic E-state index is 0.00654. The molecule has 42 heavy (non-hydrogen) atoms. The van der Waals surface area contributed by atoms with E-state index in [2.05, 4.69) is 47.6 Å². The number of likely N-dealkylation sites (N-methyl/N-ethyl adjacent to an activating group) is 1. The van der Waals surface area contributed by atoms with Crippen LogP contribution in [0.15, 0.2) is 71.9 Å². The zero-order valence-electron chi connectivity index (χ0n) is 24.2. The van der Waals surface area contributed by atoms with Gasteiger partial charge in [-0.25, -0.2) is 0 Å². The van der Waals surface area contributed by atoms with Crippen LogP contribution in [-0.4, -0.2) is 67.9 Å².